The van der Waals surface area contributed by atoms with Gasteiger partial charge >= 0.3 is 0 Å². The largest absolute Gasteiger partial charge is 0.488 e. The lowest BCUT2D eigenvalue weighted by atomic mass is 9.92. The van der Waals surface area contributed by atoms with Gasteiger partial charge in [-0.25, -0.2) is 4.39 Å². The molecule has 1 fully saturated rings. The van der Waals surface area contributed by atoms with Gasteiger partial charge in [-0.1, -0.05) is 26.0 Å². The van der Waals surface area contributed by atoms with Crippen molar-refractivity contribution in [2.24, 2.45) is 11.8 Å². The molecule has 1 aliphatic rings. The van der Waals surface area contributed by atoms with Gasteiger partial charge in [0, 0.05) is 19.6 Å². The lowest BCUT2D eigenvalue weighted by Gasteiger charge is -2.35. The van der Waals surface area contributed by atoms with E-state index in [-0.39, 0.29) is 18.2 Å². The van der Waals surface area contributed by atoms with Crippen LogP contribution in [0.15, 0.2) is 24.3 Å². The summed E-state index contributed by atoms with van der Waals surface area (Å²) in [5.41, 5.74) is 0. The average molecular weight is 281 g/mol. The third kappa shape index (κ3) is 4.46. The molecule has 1 saturated heterocycles. The van der Waals surface area contributed by atoms with Gasteiger partial charge in [-0.3, -0.25) is 0 Å². The van der Waals surface area contributed by atoms with Gasteiger partial charge in [0.2, 0.25) is 0 Å². The number of ether oxygens (including phenoxy) is 1. The van der Waals surface area contributed by atoms with Crippen molar-refractivity contribution in [2.45, 2.75) is 26.4 Å². The number of hydrogen-bond donors (Lipinski definition) is 1. The van der Waals surface area contributed by atoms with Gasteiger partial charge in [0.05, 0.1) is 0 Å². The van der Waals surface area contributed by atoms with Crippen LogP contribution in [0.2, 0.25) is 0 Å². The van der Waals surface area contributed by atoms with E-state index in [1.807, 2.05) is 0 Å². The predicted molar refractivity (Wildman–Crippen MR) is 77.3 cm³/mol. The van der Waals surface area contributed by atoms with Crippen molar-refractivity contribution >= 4 is 0 Å². The zero-order chi connectivity index (χ0) is 14.5. The Kier molecular flexibility index (Phi) is 5.38. The van der Waals surface area contributed by atoms with Crippen LogP contribution < -0.4 is 4.74 Å². The molecule has 1 N–H and O–H groups in total. The van der Waals surface area contributed by atoms with E-state index in [1.54, 1.807) is 18.2 Å². The van der Waals surface area contributed by atoms with Crippen molar-refractivity contribution < 1.29 is 14.2 Å². The highest BCUT2D eigenvalue weighted by Gasteiger charge is 2.23. The van der Waals surface area contributed by atoms with Gasteiger partial charge in [-0.2, -0.15) is 0 Å². The molecule has 1 aliphatic heterocycles. The van der Waals surface area contributed by atoms with Gasteiger partial charge in [0.15, 0.2) is 11.6 Å². The van der Waals surface area contributed by atoms with Crippen molar-refractivity contribution in [3.63, 3.8) is 0 Å². The first-order chi connectivity index (χ1) is 9.54. The minimum Gasteiger partial charge on any atom is -0.488 e. The van der Waals surface area contributed by atoms with Gasteiger partial charge in [0.25, 0.3) is 0 Å². The molecule has 0 amide bonds. The summed E-state index contributed by atoms with van der Waals surface area (Å²) in [6.07, 6.45) is 0.658. The Labute approximate surface area is 120 Å². The molecule has 2 rings (SSSR count). The number of likely N-dealkylation sites (tertiary alicyclic amines) is 1. The SMILES string of the molecule is C[C@H]1C[C@H](C)CN(C[C@H](O)COc2ccccc2F)C1. The Morgan fingerprint density at radius 2 is 1.95 bits per heavy atom. The molecular formula is C16H24FNO2. The summed E-state index contributed by atoms with van der Waals surface area (Å²) in [6, 6.07) is 6.27. The normalized spacial score (nSPS) is 25.4. The summed E-state index contributed by atoms with van der Waals surface area (Å²) in [5, 5.41) is 10.0. The maximum absolute atomic E-state index is 13.4. The summed E-state index contributed by atoms with van der Waals surface area (Å²) in [4.78, 5) is 2.27. The molecule has 0 spiro atoms. The number of nitrogens with zero attached hydrogens (tertiary/aromatic N) is 1. The van der Waals surface area contributed by atoms with E-state index in [9.17, 15) is 9.50 Å². The molecule has 20 heavy (non-hydrogen) atoms. The lowest BCUT2D eigenvalue weighted by molar-refractivity contribution is 0.0420. The maximum atomic E-state index is 13.4. The summed E-state index contributed by atoms with van der Waals surface area (Å²) in [5.74, 6) is 1.14. The fourth-order valence-corrected chi connectivity index (χ4v) is 3.04. The molecule has 0 saturated carbocycles. The van der Waals surface area contributed by atoms with Crippen LogP contribution in [-0.2, 0) is 0 Å². The minimum atomic E-state index is -0.591. The molecule has 1 aromatic carbocycles. The van der Waals surface area contributed by atoms with Crippen molar-refractivity contribution in [2.75, 3.05) is 26.2 Å². The van der Waals surface area contributed by atoms with E-state index in [1.165, 1.54) is 12.5 Å². The Morgan fingerprint density at radius 3 is 2.60 bits per heavy atom. The first kappa shape index (κ1) is 15.3. The summed E-state index contributed by atoms with van der Waals surface area (Å²) < 4.78 is 18.7. The van der Waals surface area contributed by atoms with E-state index in [4.69, 9.17) is 4.74 Å². The Hall–Kier alpha value is -1.13. The van der Waals surface area contributed by atoms with Crippen molar-refractivity contribution in [3.05, 3.63) is 30.1 Å². The zero-order valence-corrected chi connectivity index (χ0v) is 12.3. The average Bonchev–Trinajstić information content (AvgIpc) is 2.36. The number of halogens is 1. The number of rotatable bonds is 5. The number of β-amino-alcohol motifs (C(OH)–C–C–N with tert-alkyl or cyclic N) is 1. The molecule has 0 unspecified atom stereocenters. The molecule has 0 radical (unpaired) electrons. The van der Waals surface area contributed by atoms with E-state index in [2.05, 4.69) is 18.7 Å². The van der Waals surface area contributed by atoms with Gasteiger partial charge in [-0.05, 0) is 30.4 Å². The standard InChI is InChI=1S/C16H24FNO2/c1-12-7-13(2)9-18(8-12)10-14(19)11-20-16-6-4-3-5-15(16)17/h3-6,12-14,19H,7-11H2,1-2H3/t12-,13-,14-/m0/s1. The number of aliphatic hydroxyl groups is 1. The topological polar surface area (TPSA) is 32.7 Å². The van der Waals surface area contributed by atoms with Crippen molar-refractivity contribution in [1.29, 1.82) is 0 Å². The van der Waals surface area contributed by atoms with Crippen LogP contribution in [-0.4, -0.2) is 42.4 Å². The second-order valence-corrected chi connectivity index (χ2v) is 6.06. The quantitative estimate of drug-likeness (QED) is 0.900. The zero-order valence-electron chi connectivity index (χ0n) is 12.3. The number of hydrogen-bond acceptors (Lipinski definition) is 3. The predicted octanol–water partition coefficient (Wildman–Crippen LogP) is 2.54. The summed E-state index contributed by atoms with van der Waals surface area (Å²) >= 11 is 0. The second-order valence-electron chi connectivity index (χ2n) is 6.06. The van der Waals surface area contributed by atoms with Crippen LogP contribution >= 0.6 is 0 Å². The Balaban J connectivity index is 1.78. The fourth-order valence-electron chi connectivity index (χ4n) is 3.04. The third-order valence-corrected chi connectivity index (χ3v) is 3.68. The van der Waals surface area contributed by atoms with Crippen molar-refractivity contribution in [1.82, 2.24) is 4.90 Å². The molecule has 0 bridgehead atoms. The Bertz CT molecular complexity index is 417. The van der Waals surface area contributed by atoms with Crippen LogP contribution in [0, 0.1) is 17.7 Å². The molecule has 0 aromatic heterocycles. The van der Waals surface area contributed by atoms with Crippen LogP contribution in [0.1, 0.15) is 20.3 Å². The summed E-state index contributed by atoms with van der Waals surface area (Å²) in [7, 11) is 0. The molecular weight excluding hydrogens is 257 g/mol. The van der Waals surface area contributed by atoms with Crippen LogP contribution in [0.5, 0.6) is 5.75 Å². The summed E-state index contributed by atoms with van der Waals surface area (Å²) in [6.45, 7) is 7.22. The molecule has 112 valence electrons. The minimum absolute atomic E-state index is 0.125. The molecule has 4 heteroatoms. The van der Waals surface area contributed by atoms with E-state index in [0.29, 0.717) is 18.4 Å². The number of aliphatic hydroxyl groups excluding tert-OH is 1. The number of para-hydroxylation sites is 1. The third-order valence-electron chi connectivity index (χ3n) is 3.68. The molecule has 1 aromatic rings. The van der Waals surface area contributed by atoms with Gasteiger partial charge in [-0.15, -0.1) is 0 Å². The molecule has 0 aliphatic carbocycles. The van der Waals surface area contributed by atoms with Crippen LogP contribution in [0.4, 0.5) is 4.39 Å². The van der Waals surface area contributed by atoms with E-state index >= 15 is 0 Å². The van der Waals surface area contributed by atoms with Crippen LogP contribution in [0.25, 0.3) is 0 Å². The molecule has 3 atom stereocenters. The van der Waals surface area contributed by atoms with E-state index in [0.717, 1.165) is 13.1 Å². The lowest BCUT2D eigenvalue weighted by Crippen LogP contribution is -2.44. The highest BCUT2D eigenvalue weighted by Crippen LogP contribution is 2.21. The maximum Gasteiger partial charge on any atom is 0.165 e. The highest BCUT2D eigenvalue weighted by molar-refractivity contribution is 5.23. The van der Waals surface area contributed by atoms with Crippen LogP contribution in [0.3, 0.4) is 0 Å². The van der Waals surface area contributed by atoms with E-state index < -0.39 is 6.10 Å². The molecule has 1 heterocycles. The first-order valence-electron chi connectivity index (χ1n) is 7.32. The fraction of sp³-hybridized carbons (Fsp3) is 0.625. The monoisotopic (exact) mass is 281 g/mol. The number of benzene rings is 1. The number of piperidine rings is 1. The molecule has 3 nitrogen and oxygen atoms in total. The second kappa shape index (κ2) is 7.04. The van der Waals surface area contributed by atoms with Crippen molar-refractivity contribution in [3.8, 4) is 5.75 Å². The first-order valence-corrected chi connectivity index (χ1v) is 7.32. The smallest absolute Gasteiger partial charge is 0.165 e. The van der Waals surface area contributed by atoms with Gasteiger partial charge in [0.1, 0.15) is 12.7 Å². The highest BCUT2D eigenvalue weighted by atomic mass is 19.1. The Morgan fingerprint density at radius 1 is 1.30 bits per heavy atom. The van der Waals surface area contributed by atoms with Gasteiger partial charge < -0.3 is 14.7 Å².